The van der Waals surface area contributed by atoms with Gasteiger partial charge < -0.3 is 14.5 Å². The van der Waals surface area contributed by atoms with Crippen LogP contribution in [0.1, 0.15) is 24.2 Å². The van der Waals surface area contributed by atoms with Gasteiger partial charge in [-0.15, -0.1) is 0 Å². The first-order valence-electron chi connectivity index (χ1n) is 8.91. The Hall–Kier alpha value is -2.82. The van der Waals surface area contributed by atoms with Crippen molar-refractivity contribution in [1.82, 2.24) is 4.90 Å². The van der Waals surface area contributed by atoms with Gasteiger partial charge in [-0.05, 0) is 50.2 Å². The summed E-state index contributed by atoms with van der Waals surface area (Å²) in [6.45, 7) is 6.22. The zero-order valence-electron chi connectivity index (χ0n) is 15.2. The molecular formula is C21H24N2O3. The number of carbonyl (C=O) groups is 2. The van der Waals surface area contributed by atoms with E-state index in [2.05, 4.69) is 4.90 Å². The molecule has 3 rings (SSSR count). The summed E-state index contributed by atoms with van der Waals surface area (Å²) in [4.78, 5) is 28.1. The molecule has 0 bridgehead atoms. The van der Waals surface area contributed by atoms with Crippen LogP contribution in [0, 0.1) is 0 Å². The van der Waals surface area contributed by atoms with Gasteiger partial charge >= 0.3 is 0 Å². The van der Waals surface area contributed by atoms with Gasteiger partial charge in [-0.1, -0.05) is 18.2 Å². The van der Waals surface area contributed by atoms with Gasteiger partial charge in [-0.2, -0.15) is 0 Å². The van der Waals surface area contributed by atoms with Crippen molar-refractivity contribution in [1.29, 1.82) is 0 Å². The van der Waals surface area contributed by atoms with Crippen LogP contribution in [0.25, 0.3) is 0 Å². The fourth-order valence-electron chi connectivity index (χ4n) is 3.10. The third-order valence-corrected chi connectivity index (χ3v) is 4.63. The van der Waals surface area contributed by atoms with Crippen LogP contribution in [0.4, 0.5) is 5.69 Å². The lowest BCUT2D eigenvalue weighted by Crippen LogP contribution is -2.52. The summed E-state index contributed by atoms with van der Waals surface area (Å²) < 4.78 is 5.74. The quantitative estimate of drug-likeness (QED) is 0.776. The minimum absolute atomic E-state index is 0.0143. The molecule has 0 saturated carbocycles. The number of ketones is 1. The molecule has 136 valence electrons. The summed E-state index contributed by atoms with van der Waals surface area (Å²) in [6.07, 6.45) is -0.501. The van der Waals surface area contributed by atoms with Crippen molar-refractivity contribution in [3.8, 4) is 5.75 Å². The van der Waals surface area contributed by atoms with E-state index in [1.807, 2.05) is 59.5 Å². The molecule has 1 heterocycles. The normalized spacial score (nSPS) is 15.5. The zero-order valence-corrected chi connectivity index (χ0v) is 15.2. The number of ether oxygens (including phenoxy) is 1. The van der Waals surface area contributed by atoms with Crippen molar-refractivity contribution in [2.75, 3.05) is 31.1 Å². The van der Waals surface area contributed by atoms with Crippen molar-refractivity contribution in [3.63, 3.8) is 0 Å². The number of anilines is 1. The van der Waals surface area contributed by atoms with Crippen LogP contribution in [0.2, 0.25) is 0 Å². The van der Waals surface area contributed by atoms with Crippen LogP contribution in [0.15, 0.2) is 54.6 Å². The molecule has 1 aliphatic rings. The molecule has 2 aromatic rings. The number of benzene rings is 2. The van der Waals surface area contributed by atoms with Crippen LogP contribution in [-0.4, -0.2) is 48.9 Å². The Bertz CT molecular complexity index is 751. The molecule has 5 heteroatoms. The molecule has 1 atom stereocenters. The van der Waals surface area contributed by atoms with E-state index < -0.39 is 6.10 Å². The Kier molecular flexibility index (Phi) is 5.56. The van der Waals surface area contributed by atoms with E-state index in [1.165, 1.54) is 0 Å². The third-order valence-electron chi connectivity index (χ3n) is 4.63. The Morgan fingerprint density at radius 3 is 2.12 bits per heavy atom. The Labute approximate surface area is 154 Å². The summed E-state index contributed by atoms with van der Waals surface area (Å²) in [7, 11) is 0. The highest BCUT2D eigenvalue weighted by atomic mass is 16.5. The first kappa shape index (κ1) is 18.0. The van der Waals surface area contributed by atoms with Crippen molar-refractivity contribution in [2.45, 2.75) is 20.0 Å². The highest BCUT2D eigenvalue weighted by Gasteiger charge is 2.26. The van der Waals surface area contributed by atoms with E-state index in [9.17, 15) is 9.59 Å². The molecule has 0 spiro atoms. The van der Waals surface area contributed by atoms with Crippen LogP contribution in [0.5, 0.6) is 5.75 Å². The van der Waals surface area contributed by atoms with Gasteiger partial charge in [-0.25, -0.2) is 0 Å². The standard InChI is InChI=1S/C21H24N2O3/c1-16(24)18-8-10-19(11-9-18)22-12-14-23(15-13-22)21(25)17(2)26-20-6-4-3-5-7-20/h3-11,17H,12-15H2,1-2H3. The molecular weight excluding hydrogens is 328 g/mol. The molecule has 2 aromatic carbocycles. The first-order chi connectivity index (χ1) is 12.5. The summed E-state index contributed by atoms with van der Waals surface area (Å²) in [5, 5.41) is 0. The van der Waals surface area contributed by atoms with Crippen LogP contribution >= 0.6 is 0 Å². The molecule has 0 radical (unpaired) electrons. The number of para-hydroxylation sites is 1. The number of nitrogens with zero attached hydrogens (tertiary/aromatic N) is 2. The summed E-state index contributed by atoms with van der Waals surface area (Å²) in [5.74, 6) is 0.789. The zero-order chi connectivity index (χ0) is 18.5. The fourth-order valence-corrected chi connectivity index (χ4v) is 3.10. The second-order valence-electron chi connectivity index (χ2n) is 6.49. The van der Waals surface area contributed by atoms with Crippen LogP contribution < -0.4 is 9.64 Å². The second-order valence-corrected chi connectivity index (χ2v) is 6.49. The van der Waals surface area contributed by atoms with Gasteiger partial charge in [0, 0.05) is 37.4 Å². The Morgan fingerprint density at radius 2 is 1.54 bits per heavy atom. The lowest BCUT2D eigenvalue weighted by Gasteiger charge is -2.37. The van der Waals surface area contributed by atoms with Crippen molar-refractivity contribution >= 4 is 17.4 Å². The first-order valence-corrected chi connectivity index (χ1v) is 8.91. The largest absolute Gasteiger partial charge is 0.481 e. The van der Waals surface area contributed by atoms with Gasteiger partial charge in [0.25, 0.3) is 5.91 Å². The number of hydrogen-bond donors (Lipinski definition) is 0. The number of Topliss-reactive ketones (excluding diaryl/α,β-unsaturated/α-hetero) is 1. The predicted octanol–water partition coefficient (Wildman–Crippen LogP) is 3.01. The van der Waals surface area contributed by atoms with E-state index in [-0.39, 0.29) is 11.7 Å². The Balaban J connectivity index is 1.54. The second kappa shape index (κ2) is 8.04. The SMILES string of the molecule is CC(=O)c1ccc(N2CCN(C(=O)C(C)Oc3ccccc3)CC2)cc1. The van der Waals surface area contributed by atoms with Crippen molar-refractivity contribution < 1.29 is 14.3 Å². The molecule has 1 aliphatic heterocycles. The molecule has 1 unspecified atom stereocenters. The number of hydrogen-bond acceptors (Lipinski definition) is 4. The van der Waals surface area contributed by atoms with E-state index in [4.69, 9.17) is 4.74 Å². The average molecular weight is 352 g/mol. The third kappa shape index (κ3) is 4.23. The number of amides is 1. The average Bonchev–Trinajstić information content (AvgIpc) is 2.68. The molecule has 0 N–H and O–H groups in total. The number of carbonyl (C=O) groups excluding carboxylic acids is 2. The van der Waals surface area contributed by atoms with E-state index in [0.29, 0.717) is 18.8 Å². The molecule has 5 nitrogen and oxygen atoms in total. The predicted molar refractivity (Wildman–Crippen MR) is 102 cm³/mol. The van der Waals surface area contributed by atoms with Gasteiger partial charge in [0.05, 0.1) is 0 Å². The molecule has 1 fully saturated rings. The van der Waals surface area contributed by atoms with Crippen LogP contribution in [0.3, 0.4) is 0 Å². The lowest BCUT2D eigenvalue weighted by atomic mass is 10.1. The molecule has 1 amide bonds. The number of piperazine rings is 1. The summed E-state index contributed by atoms with van der Waals surface area (Å²) >= 11 is 0. The summed E-state index contributed by atoms with van der Waals surface area (Å²) in [5.41, 5.74) is 1.80. The van der Waals surface area contributed by atoms with Crippen LogP contribution in [-0.2, 0) is 4.79 Å². The van der Waals surface area contributed by atoms with Crippen molar-refractivity contribution in [3.05, 3.63) is 60.2 Å². The van der Waals surface area contributed by atoms with Crippen molar-refractivity contribution in [2.24, 2.45) is 0 Å². The maximum Gasteiger partial charge on any atom is 0.263 e. The lowest BCUT2D eigenvalue weighted by molar-refractivity contribution is -0.138. The highest BCUT2D eigenvalue weighted by Crippen LogP contribution is 2.19. The molecule has 26 heavy (non-hydrogen) atoms. The van der Waals surface area contributed by atoms with E-state index in [0.717, 1.165) is 24.3 Å². The fraction of sp³-hybridized carbons (Fsp3) is 0.333. The van der Waals surface area contributed by atoms with Gasteiger partial charge in [0.2, 0.25) is 0 Å². The topological polar surface area (TPSA) is 49.9 Å². The number of rotatable bonds is 5. The minimum Gasteiger partial charge on any atom is -0.481 e. The molecule has 0 aliphatic carbocycles. The maximum absolute atomic E-state index is 12.6. The van der Waals surface area contributed by atoms with Gasteiger partial charge in [0.15, 0.2) is 11.9 Å². The van der Waals surface area contributed by atoms with E-state index in [1.54, 1.807) is 13.8 Å². The monoisotopic (exact) mass is 352 g/mol. The van der Waals surface area contributed by atoms with E-state index >= 15 is 0 Å². The molecule has 0 aromatic heterocycles. The smallest absolute Gasteiger partial charge is 0.263 e. The maximum atomic E-state index is 12.6. The summed E-state index contributed by atoms with van der Waals surface area (Å²) in [6, 6.07) is 17.0. The van der Waals surface area contributed by atoms with Gasteiger partial charge in [-0.3, -0.25) is 9.59 Å². The molecule has 1 saturated heterocycles. The highest BCUT2D eigenvalue weighted by molar-refractivity contribution is 5.94. The van der Waals surface area contributed by atoms with Gasteiger partial charge in [0.1, 0.15) is 5.75 Å². The minimum atomic E-state index is -0.501. The Morgan fingerprint density at radius 1 is 0.923 bits per heavy atom.